The molecule has 1 aliphatic heterocycles. The molecule has 0 radical (unpaired) electrons. The smallest absolute Gasteiger partial charge is 0.325 e. The molecule has 0 N–H and O–H groups in total. The average molecular weight is 430 g/mol. The molecule has 0 saturated heterocycles. The topological polar surface area (TPSA) is 60.9 Å². The monoisotopic (exact) mass is 429 g/mol. The summed E-state index contributed by atoms with van der Waals surface area (Å²) in [5, 5.41) is -0.904. The number of carbonyl (C=O) groups is 1. The van der Waals surface area contributed by atoms with E-state index in [0.29, 0.717) is 31.7 Å². The molecule has 0 fully saturated rings. The Morgan fingerprint density at radius 3 is 2.33 bits per heavy atom. The molecule has 2 aromatic carbocycles. The van der Waals surface area contributed by atoms with E-state index < -0.39 is 15.4 Å². The Bertz CT molecular complexity index is 959. The summed E-state index contributed by atoms with van der Waals surface area (Å²) in [5.41, 5.74) is 2.81. The van der Waals surface area contributed by atoms with E-state index in [1.807, 2.05) is 56.3 Å². The highest BCUT2D eigenvalue weighted by Gasteiger charge is 2.44. The first-order valence-corrected chi connectivity index (χ1v) is 12.1. The lowest BCUT2D eigenvalue weighted by atomic mass is 10.1. The molecule has 0 bridgehead atoms. The van der Waals surface area contributed by atoms with Gasteiger partial charge in [-0.15, -0.1) is 0 Å². The van der Waals surface area contributed by atoms with Crippen LogP contribution in [0.2, 0.25) is 0 Å². The minimum absolute atomic E-state index is 0.270. The van der Waals surface area contributed by atoms with Gasteiger partial charge in [-0.1, -0.05) is 62.4 Å². The largest absolute Gasteiger partial charge is 0.327 e. The van der Waals surface area contributed by atoms with Crippen molar-refractivity contribution in [1.82, 2.24) is 9.21 Å². The van der Waals surface area contributed by atoms with Crippen LogP contribution in [0, 0.1) is 0 Å². The van der Waals surface area contributed by atoms with E-state index in [1.165, 1.54) is 14.8 Å². The average Bonchev–Trinajstić information content (AvgIpc) is 3.15. The number of amides is 2. The lowest BCUT2D eigenvalue weighted by molar-refractivity contribution is 0.214. The van der Waals surface area contributed by atoms with Crippen LogP contribution in [0.1, 0.15) is 31.4 Å². The van der Waals surface area contributed by atoms with Crippen molar-refractivity contribution in [2.45, 2.75) is 38.5 Å². The number of fused-ring (bicyclic) bond motifs is 1. The molecule has 3 rings (SSSR count). The Labute approximate surface area is 180 Å². The Morgan fingerprint density at radius 1 is 1.03 bits per heavy atom. The molecule has 7 heteroatoms. The van der Waals surface area contributed by atoms with Crippen molar-refractivity contribution in [2.24, 2.45) is 0 Å². The summed E-state index contributed by atoms with van der Waals surface area (Å²) in [6.45, 7) is 4.99. The summed E-state index contributed by atoms with van der Waals surface area (Å²) in [4.78, 5) is 16.5. The zero-order chi connectivity index (χ0) is 21.7. The van der Waals surface area contributed by atoms with Gasteiger partial charge in [-0.2, -0.15) is 0 Å². The third kappa shape index (κ3) is 4.52. The maximum Gasteiger partial charge on any atom is 0.325 e. The number of sulfonamides is 1. The second kappa shape index (κ2) is 9.62. The van der Waals surface area contributed by atoms with Crippen LogP contribution in [-0.4, -0.2) is 55.7 Å². The number of anilines is 1. The van der Waals surface area contributed by atoms with Crippen LogP contribution in [0.3, 0.4) is 0 Å². The maximum atomic E-state index is 13.4. The molecular weight excluding hydrogens is 398 g/mol. The molecule has 162 valence electrons. The zero-order valence-electron chi connectivity index (χ0n) is 18.0. The van der Waals surface area contributed by atoms with Gasteiger partial charge in [0.15, 0.2) is 5.37 Å². The number of para-hydroxylation sites is 1. The lowest BCUT2D eigenvalue weighted by Gasteiger charge is -2.32. The standard InChI is InChI=1S/C23H31N3O3S/c1-4-25(5-2)30(28,29)22-18-20-15-9-10-16-21(20)26(22)23(27)24(3)17-11-14-19-12-7-6-8-13-19/h6-10,12-13,15-16,22H,4-5,11,14,17-18H2,1-3H3. The molecule has 1 heterocycles. The van der Waals surface area contributed by atoms with Gasteiger partial charge in [0.25, 0.3) is 0 Å². The van der Waals surface area contributed by atoms with Gasteiger partial charge in [0.2, 0.25) is 10.0 Å². The van der Waals surface area contributed by atoms with Crippen molar-refractivity contribution in [1.29, 1.82) is 0 Å². The van der Waals surface area contributed by atoms with Crippen LogP contribution < -0.4 is 4.90 Å². The van der Waals surface area contributed by atoms with Gasteiger partial charge in [-0.25, -0.2) is 17.5 Å². The molecule has 1 unspecified atom stereocenters. The fourth-order valence-corrected chi connectivity index (χ4v) is 5.94. The second-order valence-corrected chi connectivity index (χ2v) is 9.67. The molecule has 0 aromatic heterocycles. The van der Waals surface area contributed by atoms with E-state index >= 15 is 0 Å². The summed E-state index contributed by atoms with van der Waals surface area (Å²) >= 11 is 0. The third-order valence-electron chi connectivity index (χ3n) is 5.68. The minimum Gasteiger partial charge on any atom is -0.327 e. The van der Waals surface area contributed by atoms with Crippen molar-refractivity contribution < 1.29 is 13.2 Å². The predicted octanol–water partition coefficient (Wildman–Crippen LogP) is 3.73. The van der Waals surface area contributed by atoms with E-state index in [4.69, 9.17) is 0 Å². The van der Waals surface area contributed by atoms with E-state index in [1.54, 1.807) is 11.9 Å². The number of aryl methyl sites for hydroxylation is 1. The molecule has 1 aliphatic rings. The summed E-state index contributed by atoms with van der Waals surface area (Å²) in [5.74, 6) is 0. The number of hydrogen-bond donors (Lipinski definition) is 0. The quantitative estimate of drug-likeness (QED) is 0.642. The highest BCUT2D eigenvalue weighted by atomic mass is 32.2. The van der Waals surface area contributed by atoms with Crippen molar-refractivity contribution in [3.63, 3.8) is 0 Å². The number of benzene rings is 2. The summed E-state index contributed by atoms with van der Waals surface area (Å²) in [7, 11) is -1.90. The summed E-state index contributed by atoms with van der Waals surface area (Å²) in [6, 6.07) is 17.4. The molecule has 2 aromatic rings. The SMILES string of the molecule is CCN(CC)S(=O)(=O)C1Cc2ccccc2N1C(=O)N(C)CCCc1ccccc1. The van der Waals surface area contributed by atoms with Crippen LogP contribution >= 0.6 is 0 Å². The Morgan fingerprint density at radius 2 is 1.67 bits per heavy atom. The molecule has 2 amide bonds. The molecule has 6 nitrogen and oxygen atoms in total. The van der Waals surface area contributed by atoms with Gasteiger partial charge in [0, 0.05) is 33.1 Å². The van der Waals surface area contributed by atoms with Crippen LogP contribution in [0.5, 0.6) is 0 Å². The fraction of sp³-hybridized carbons (Fsp3) is 0.435. The van der Waals surface area contributed by atoms with Crippen molar-refractivity contribution >= 4 is 21.7 Å². The summed E-state index contributed by atoms with van der Waals surface area (Å²) in [6.07, 6.45) is 2.00. The molecule has 0 spiro atoms. The van der Waals surface area contributed by atoms with Gasteiger partial charge in [-0.3, -0.25) is 4.90 Å². The van der Waals surface area contributed by atoms with E-state index in [9.17, 15) is 13.2 Å². The van der Waals surface area contributed by atoms with Crippen molar-refractivity contribution in [2.75, 3.05) is 31.6 Å². The van der Waals surface area contributed by atoms with Crippen molar-refractivity contribution in [3.05, 3.63) is 65.7 Å². The molecule has 0 aliphatic carbocycles. The normalized spacial score (nSPS) is 16.0. The minimum atomic E-state index is -3.65. The number of rotatable bonds is 8. The number of nitrogens with zero attached hydrogens (tertiary/aromatic N) is 3. The van der Waals surface area contributed by atoms with Gasteiger partial charge >= 0.3 is 6.03 Å². The van der Waals surface area contributed by atoms with Gasteiger partial charge in [-0.05, 0) is 30.0 Å². The summed E-state index contributed by atoms with van der Waals surface area (Å²) < 4.78 is 28.1. The predicted molar refractivity (Wildman–Crippen MR) is 121 cm³/mol. The van der Waals surface area contributed by atoms with Gasteiger partial charge in [0.1, 0.15) is 0 Å². The van der Waals surface area contributed by atoms with E-state index in [0.717, 1.165) is 18.4 Å². The highest BCUT2D eigenvalue weighted by Crippen LogP contribution is 2.36. The number of urea groups is 1. The fourth-order valence-electron chi connectivity index (χ4n) is 4.02. The van der Waals surface area contributed by atoms with E-state index in [2.05, 4.69) is 12.1 Å². The number of hydrogen-bond acceptors (Lipinski definition) is 3. The van der Waals surface area contributed by atoms with Crippen LogP contribution in [0.4, 0.5) is 10.5 Å². The Balaban J connectivity index is 1.79. The first kappa shape index (κ1) is 22.3. The van der Waals surface area contributed by atoms with Crippen molar-refractivity contribution in [3.8, 4) is 0 Å². The molecule has 30 heavy (non-hydrogen) atoms. The number of carbonyl (C=O) groups excluding carboxylic acids is 1. The molecular formula is C23H31N3O3S. The Kier molecular flexibility index (Phi) is 7.15. The van der Waals surface area contributed by atoms with E-state index in [-0.39, 0.29) is 6.03 Å². The lowest BCUT2D eigenvalue weighted by Crippen LogP contribution is -2.52. The molecule has 1 atom stereocenters. The Hall–Kier alpha value is -2.38. The van der Waals surface area contributed by atoms with Crippen LogP contribution in [0.15, 0.2) is 54.6 Å². The van der Waals surface area contributed by atoms with Crippen LogP contribution in [-0.2, 0) is 22.9 Å². The molecule has 0 saturated carbocycles. The van der Waals surface area contributed by atoms with Crippen LogP contribution in [0.25, 0.3) is 0 Å². The second-order valence-electron chi connectivity index (χ2n) is 7.58. The zero-order valence-corrected chi connectivity index (χ0v) is 18.8. The first-order chi connectivity index (χ1) is 14.4. The third-order valence-corrected chi connectivity index (χ3v) is 7.98. The first-order valence-electron chi connectivity index (χ1n) is 10.5. The van der Waals surface area contributed by atoms with Gasteiger partial charge < -0.3 is 4.90 Å². The maximum absolute atomic E-state index is 13.4. The van der Waals surface area contributed by atoms with Gasteiger partial charge in [0.05, 0.1) is 5.69 Å². The highest BCUT2D eigenvalue weighted by molar-refractivity contribution is 7.89.